The Morgan fingerprint density at radius 1 is 0.800 bits per heavy atom. The predicted octanol–water partition coefficient (Wildman–Crippen LogP) is 7.07. The van der Waals surface area contributed by atoms with Gasteiger partial charge in [-0.2, -0.15) is 0 Å². The van der Waals surface area contributed by atoms with Crippen LogP contribution in [0.5, 0.6) is 0 Å². The minimum Gasteiger partial charge on any atom is -0.256 e. The Kier molecular flexibility index (Phi) is 8.75. The molecule has 132 valence electrons. The van der Waals surface area contributed by atoms with Crippen molar-refractivity contribution in [1.82, 2.24) is 0 Å². The van der Waals surface area contributed by atoms with Crippen molar-refractivity contribution < 1.29 is 0 Å². The second kappa shape index (κ2) is 11.4. The summed E-state index contributed by atoms with van der Waals surface area (Å²) < 4.78 is 0. The summed E-state index contributed by atoms with van der Waals surface area (Å²) in [6, 6.07) is 17.4. The molecule has 25 heavy (non-hydrogen) atoms. The van der Waals surface area contributed by atoms with Crippen LogP contribution in [-0.4, -0.2) is 6.21 Å². The third-order valence-electron chi connectivity index (χ3n) is 4.47. The van der Waals surface area contributed by atoms with E-state index in [4.69, 9.17) is 0 Å². The van der Waals surface area contributed by atoms with Crippen LogP contribution in [0.25, 0.3) is 0 Å². The van der Waals surface area contributed by atoms with Gasteiger partial charge in [-0.15, -0.1) is 6.58 Å². The molecule has 0 amide bonds. The summed E-state index contributed by atoms with van der Waals surface area (Å²) in [7, 11) is 0. The zero-order chi connectivity index (χ0) is 17.7. The monoisotopic (exact) mass is 333 g/mol. The Hall–Kier alpha value is -2.15. The van der Waals surface area contributed by atoms with Crippen molar-refractivity contribution in [1.29, 1.82) is 0 Å². The van der Waals surface area contributed by atoms with Crippen molar-refractivity contribution in [3.8, 4) is 0 Å². The number of unbranched alkanes of at least 4 members (excludes halogenated alkanes) is 4. The Morgan fingerprint density at radius 2 is 1.40 bits per heavy atom. The van der Waals surface area contributed by atoms with Gasteiger partial charge in [-0.25, -0.2) is 0 Å². The lowest BCUT2D eigenvalue weighted by Crippen LogP contribution is -1.87. The van der Waals surface area contributed by atoms with E-state index in [2.05, 4.69) is 67.0 Å². The molecule has 0 atom stereocenters. The lowest BCUT2D eigenvalue weighted by molar-refractivity contribution is 0.717. The Morgan fingerprint density at radius 3 is 2.00 bits per heavy atom. The van der Waals surface area contributed by atoms with Crippen LogP contribution in [-0.2, 0) is 12.8 Å². The van der Waals surface area contributed by atoms with Gasteiger partial charge in [0.2, 0.25) is 0 Å². The largest absolute Gasteiger partial charge is 0.256 e. The van der Waals surface area contributed by atoms with Crippen LogP contribution >= 0.6 is 0 Å². The lowest BCUT2D eigenvalue weighted by Gasteiger charge is -2.02. The quantitative estimate of drug-likeness (QED) is 0.237. The Balaban J connectivity index is 1.83. The summed E-state index contributed by atoms with van der Waals surface area (Å²) in [5, 5.41) is 0. The number of hydrogen-bond donors (Lipinski definition) is 0. The third kappa shape index (κ3) is 7.51. The molecule has 1 heteroatoms. The molecule has 0 saturated heterocycles. The van der Waals surface area contributed by atoms with E-state index in [0.717, 1.165) is 24.1 Å². The zero-order valence-electron chi connectivity index (χ0n) is 15.6. The molecule has 0 N–H and O–H groups in total. The normalized spacial score (nSPS) is 11.1. The van der Waals surface area contributed by atoms with Crippen LogP contribution in [0.4, 0.5) is 5.69 Å². The molecule has 0 aliphatic rings. The summed E-state index contributed by atoms with van der Waals surface area (Å²) in [5.74, 6) is 0. The average Bonchev–Trinajstić information content (AvgIpc) is 2.66. The minimum atomic E-state index is 1.02. The van der Waals surface area contributed by atoms with Gasteiger partial charge in [0.25, 0.3) is 0 Å². The maximum absolute atomic E-state index is 4.59. The average molecular weight is 334 g/mol. The molecule has 0 aliphatic carbocycles. The molecule has 0 spiro atoms. The number of aliphatic imine (C=N–C) groups is 1. The predicted molar refractivity (Wildman–Crippen MR) is 111 cm³/mol. The fraction of sp³-hybridized carbons (Fsp3) is 0.375. The standard InChI is InChI=1S/C24H31N/c1-3-5-7-9-11-21-12-14-23(15-13-21)20-25-24-18-16-22(17-19-24)10-8-6-4-2/h3,12-20H,1,4-11H2,2H3. The van der Waals surface area contributed by atoms with Crippen molar-refractivity contribution in [2.75, 3.05) is 0 Å². The number of rotatable bonds is 11. The first kappa shape index (κ1) is 19.2. The van der Waals surface area contributed by atoms with Crippen LogP contribution in [0.3, 0.4) is 0 Å². The molecule has 2 rings (SSSR count). The highest BCUT2D eigenvalue weighted by molar-refractivity contribution is 5.81. The van der Waals surface area contributed by atoms with Crippen LogP contribution in [0.1, 0.15) is 62.1 Å². The van der Waals surface area contributed by atoms with Crippen molar-refractivity contribution in [2.24, 2.45) is 4.99 Å². The molecule has 0 aliphatic heterocycles. The topological polar surface area (TPSA) is 12.4 Å². The lowest BCUT2D eigenvalue weighted by atomic mass is 10.1. The highest BCUT2D eigenvalue weighted by atomic mass is 14.7. The molecule has 0 radical (unpaired) electrons. The molecule has 0 aromatic heterocycles. The summed E-state index contributed by atoms with van der Waals surface area (Å²) >= 11 is 0. The van der Waals surface area contributed by atoms with Crippen LogP contribution in [0, 0.1) is 0 Å². The van der Waals surface area contributed by atoms with Gasteiger partial charge in [0.05, 0.1) is 5.69 Å². The molecule has 0 heterocycles. The second-order valence-corrected chi connectivity index (χ2v) is 6.66. The van der Waals surface area contributed by atoms with Crippen molar-refractivity contribution in [3.63, 3.8) is 0 Å². The van der Waals surface area contributed by atoms with E-state index in [1.807, 2.05) is 12.3 Å². The molecular weight excluding hydrogens is 302 g/mol. The molecule has 0 fully saturated rings. The molecule has 1 nitrogen and oxygen atoms in total. The van der Waals surface area contributed by atoms with Gasteiger partial charge in [-0.05, 0) is 67.3 Å². The number of nitrogens with zero attached hydrogens (tertiary/aromatic N) is 1. The van der Waals surface area contributed by atoms with Gasteiger partial charge in [-0.3, -0.25) is 4.99 Å². The fourth-order valence-electron chi connectivity index (χ4n) is 2.87. The van der Waals surface area contributed by atoms with E-state index < -0.39 is 0 Å². The summed E-state index contributed by atoms with van der Waals surface area (Å²) in [5.41, 5.74) is 4.99. The summed E-state index contributed by atoms with van der Waals surface area (Å²) in [6.45, 7) is 6.01. The van der Waals surface area contributed by atoms with E-state index in [1.165, 1.54) is 49.7 Å². The molecular formula is C24H31N. The number of hydrogen-bond acceptors (Lipinski definition) is 1. The van der Waals surface area contributed by atoms with Crippen molar-refractivity contribution >= 4 is 11.9 Å². The van der Waals surface area contributed by atoms with E-state index in [9.17, 15) is 0 Å². The van der Waals surface area contributed by atoms with E-state index in [-0.39, 0.29) is 0 Å². The molecule has 0 bridgehead atoms. The molecule has 0 unspecified atom stereocenters. The summed E-state index contributed by atoms with van der Waals surface area (Å²) in [4.78, 5) is 4.59. The zero-order valence-corrected chi connectivity index (χ0v) is 15.6. The highest BCUT2D eigenvalue weighted by Crippen LogP contribution is 2.15. The molecule has 2 aromatic carbocycles. The number of allylic oxidation sites excluding steroid dienone is 1. The van der Waals surface area contributed by atoms with E-state index in [0.29, 0.717) is 0 Å². The maximum atomic E-state index is 4.59. The Labute approximate surface area is 153 Å². The maximum Gasteiger partial charge on any atom is 0.0630 e. The highest BCUT2D eigenvalue weighted by Gasteiger charge is 1.96. The van der Waals surface area contributed by atoms with Crippen LogP contribution in [0.15, 0.2) is 66.2 Å². The smallest absolute Gasteiger partial charge is 0.0630 e. The van der Waals surface area contributed by atoms with Gasteiger partial charge in [0.15, 0.2) is 0 Å². The van der Waals surface area contributed by atoms with Gasteiger partial charge in [0, 0.05) is 6.21 Å². The van der Waals surface area contributed by atoms with Crippen LogP contribution < -0.4 is 0 Å². The van der Waals surface area contributed by atoms with E-state index in [1.54, 1.807) is 0 Å². The molecule has 2 aromatic rings. The Bertz CT molecular complexity index is 635. The number of aryl methyl sites for hydroxylation is 2. The van der Waals surface area contributed by atoms with Gasteiger partial charge in [-0.1, -0.05) is 62.2 Å². The SMILES string of the molecule is C=CCCCCc1ccc(C=Nc2ccc(CCCCC)cc2)cc1. The first-order valence-corrected chi connectivity index (χ1v) is 9.64. The molecule has 0 saturated carbocycles. The minimum absolute atomic E-state index is 1.02. The second-order valence-electron chi connectivity index (χ2n) is 6.66. The van der Waals surface area contributed by atoms with Crippen molar-refractivity contribution in [3.05, 3.63) is 77.9 Å². The van der Waals surface area contributed by atoms with E-state index >= 15 is 0 Å². The van der Waals surface area contributed by atoms with Gasteiger partial charge < -0.3 is 0 Å². The first-order valence-electron chi connectivity index (χ1n) is 9.64. The van der Waals surface area contributed by atoms with Gasteiger partial charge in [0.1, 0.15) is 0 Å². The fourth-order valence-corrected chi connectivity index (χ4v) is 2.87. The van der Waals surface area contributed by atoms with Gasteiger partial charge >= 0.3 is 0 Å². The van der Waals surface area contributed by atoms with Crippen LogP contribution in [0.2, 0.25) is 0 Å². The van der Waals surface area contributed by atoms with Crippen molar-refractivity contribution in [2.45, 2.75) is 58.3 Å². The third-order valence-corrected chi connectivity index (χ3v) is 4.47. The summed E-state index contributed by atoms with van der Waals surface area (Å²) in [6.07, 6.45) is 13.7. The number of benzene rings is 2. The first-order chi connectivity index (χ1) is 12.3.